The molecule has 0 aliphatic carbocycles. The summed E-state index contributed by atoms with van der Waals surface area (Å²) in [4.78, 5) is 8.16. The van der Waals surface area contributed by atoms with E-state index in [1.807, 2.05) is 13.1 Å². The maximum absolute atomic E-state index is 4.08. The van der Waals surface area contributed by atoms with Crippen molar-refractivity contribution in [3.05, 3.63) is 24.3 Å². The van der Waals surface area contributed by atoms with Gasteiger partial charge in [-0.05, 0) is 13.1 Å². The molecule has 66 valence electrons. The van der Waals surface area contributed by atoms with Crippen LogP contribution in [0, 0.1) is 0 Å². The molecule has 1 rings (SSSR count). The normalized spacial score (nSPS) is 10.1. The Morgan fingerprint density at radius 2 is 2.00 bits per heavy atom. The molecule has 0 aliphatic heterocycles. The number of nitrogens with zero attached hydrogens (tertiary/aromatic N) is 2. The maximum Gasteiger partial charge on any atom is 0.141 e. The van der Waals surface area contributed by atoms with E-state index in [4.69, 9.17) is 0 Å². The Morgan fingerprint density at radius 3 is 2.67 bits per heavy atom. The minimum atomic E-state index is 0.739. The highest BCUT2D eigenvalue weighted by molar-refractivity contribution is 4.87. The highest BCUT2D eigenvalue weighted by Gasteiger charge is 1.91. The second-order valence-corrected chi connectivity index (χ2v) is 2.45. The van der Waals surface area contributed by atoms with Crippen LogP contribution in [0.1, 0.15) is 5.82 Å². The van der Waals surface area contributed by atoms with Crippen molar-refractivity contribution in [1.29, 1.82) is 0 Å². The van der Waals surface area contributed by atoms with Crippen LogP contribution in [0.25, 0.3) is 0 Å². The lowest BCUT2D eigenvalue weighted by molar-refractivity contribution is 0.631. The van der Waals surface area contributed by atoms with Crippen LogP contribution in [0.15, 0.2) is 18.5 Å². The van der Waals surface area contributed by atoms with Crippen LogP contribution >= 0.6 is 0 Å². The summed E-state index contributed by atoms with van der Waals surface area (Å²) in [6, 6.07) is 1.82. The van der Waals surface area contributed by atoms with Gasteiger partial charge in [0.2, 0.25) is 0 Å². The van der Waals surface area contributed by atoms with E-state index in [0.29, 0.717) is 0 Å². The monoisotopic (exact) mass is 166 g/mol. The van der Waals surface area contributed by atoms with Crippen LogP contribution in [-0.4, -0.2) is 30.1 Å². The Morgan fingerprint density at radius 1 is 1.25 bits per heavy atom. The second kappa shape index (κ2) is 5.62. The predicted molar refractivity (Wildman–Crippen MR) is 47.7 cm³/mol. The Hall–Kier alpha value is -1.00. The van der Waals surface area contributed by atoms with Crippen LogP contribution in [0.2, 0.25) is 0 Å². The molecule has 0 fully saturated rings. The van der Waals surface area contributed by atoms with Crippen molar-refractivity contribution in [2.24, 2.45) is 0 Å². The summed E-state index contributed by atoms with van der Waals surface area (Å²) >= 11 is 0. The number of hydrogen-bond donors (Lipinski definition) is 2. The van der Waals surface area contributed by atoms with E-state index < -0.39 is 0 Å². The molecular formula is C8H14N4. The van der Waals surface area contributed by atoms with E-state index in [1.54, 1.807) is 12.4 Å². The zero-order valence-electron chi connectivity index (χ0n) is 7.25. The maximum atomic E-state index is 4.08. The first-order chi connectivity index (χ1) is 5.93. The average molecular weight is 166 g/mol. The third kappa shape index (κ3) is 3.41. The van der Waals surface area contributed by atoms with Crippen LogP contribution in [-0.2, 0) is 6.54 Å². The minimum absolute atomic E-state index is 0.739. The van der Waals surface area contributed by atoms with Crippen LogP contribution < -0.4 is 10.6 Å². The van der Waals surface area contributed by atoms with Gasteiger partial charge in [-0.3, -0.25) is 0 Å². The number of rotatable bonds is 5. The van der Waals surface area contributed by atoms with E-state index in [0.717, 1.165) is 25.5 Å². The summed E-state index contributed by atoms with van der Waals surface area (Å²) in [5.41, 5.74) is 0. The SMILES string of the molecule is CNCCNCc1ncccn1. The molecule has 1 aromatic heterocycles. The number of nitrogens with one attached hydrogen (secondary N) is 2. The molecule has 12 heavy (non-hydrogen) atoms. The smallest absolute Gasteiger partial charge is 0.141 e. The van der Waals surface area contributed by atoms with Gasteiger partial charge in [-0.15, -0.1) is 0 Å². The van der Waals surface area contributed by atoms with Gasteiger partial charge in [-0.2, -0.15) is 0 Å². The second-order valence-electron chi connectivity index (χ2n) is 2.45. The van der Waals surface area contributed by atoms with Gasteiger partial charge in [-0.1, -0.05) is 0 Å². The molecule has 1 heterocycles. The quantitative estimate of drug-likeness (QED) is 0.594. The molecule has 2 N–H and O–H groups in total. The molecule has 0 saturated heterocycles. The van der Waals surface area contributed by atoms with Gasteiger partial charge in [-0.25, -0.2) is 9.97 Å². The fourth-order valence-corrected chi connectivity index (χ4v) is 0.835. The molecular weight excluding hydrogens is 152 g/mol. The Kier molecular flexibility index (Phi) is 4.26. The van der Waals surface area contributed by atoms with Crippen LogP contribution in [0.3, 0.4) is 0 Å². The fourth-order valence-electron chi connectivity index (χ4n) is 0.835. The molecule has 0 aromatic carbocycles. The summed E-state index contributed by atoms with van der Waals surface area (Å²) in [5.74, 6) is 0.841. The van der Waals surface area contributed by atoms with Crippen molar-refractivity contribution in [2.45, 2.75) is 6.54 Å². The van der Waals surface area contributed by atoms with E-state index in [9.17, 15) is 0 Å². The number of likely N-dealkylation sites (N-methyl/N-ethyl adjacent to an activating group) is 1. The average Bonchev–Trinajstić information content (AvgIpc) is 2.14. The summed E-state index contributed by atoms with van der Waals surface area (Å²) in [6.45, 7) is 2.64. The van der Waals surface area contributed by atoms with Gasteiger partial charge in [0, 0.05) is 25.5 Å². The molecule has 1 aromatic rings. The highest BCUT2D eigenvalue weighted by Crippen LogP contribution is 1.84. The molecule has 0 saturated carbocycles. The molecule has 0 spiro atoms. The fraction of sp³-hybridized carbons (Fsp3) is 0.500. The van der Waals surface area contributed by atoms with Crippen LogP contribution in [0.5, 0.6) is 0 Å². The van der Waals surface area contributed by atoms with Gasteiger partial charge < -0.3 is 10.6 Å². The molecule has 0 atom stereocenters. The van der Waals surface area contributed by atoms with Crippen molar-refractivity contribution in [2.75, 3.05) is 20.1 Å². The standard InChI is InChI=1S/C8H14N4/c1-9-5-6-10-7-8-11-3-2-4-12-8/h2-4,9-10H,5-7H2,1H3. The molecule has 0 radical (unpaired) electrons. The minimum Gasteiger partial charge on any atom is -0.318 e. The highest BCUT2D eigenvalue weighted by atomic mass is 15.0. The predicted octanol–water partition coefficient (Wildman–Crippen LogP) is -0.214. The Balaban J connectivity index is 2.16. The van der Waals surface area contributed by atoms with Gasteiger partial charge in [0.15, 0.2) is 0 Å². The zero-order valence-corrected chi connectivity index (χ0v) is 7.25. The molecule has 0 amide bonds. The lowest BCUT2D eigenvalue weighted by Gasteiger charge is -2.01. The topological polar surface area (TPSA) is 49.8 Å². The zero-order chi connectivity index (χ0) is 8.65. The lowest BCUT2D eigenvalue weighted by atomic mass is 10.5. The summed E-state index contributed by atoms with van der Waals surface area (Å²) in [6.07, 6.45) is 3.50. The summed E-state index contributed by atoms with van der Waals surface area (Å²) in [7, 11) is 1.93. The Bertz CT molecular complexity index is 199. The number of hydrogen-bond acceptors (Lipinski definition) is 4. The number of aromatic nitrogens is 2. The third-order valence-electron chi connectivity index (χ3n) is 1.45. The van der Waals surface area contributed by atoms with Crippen molar-refractivity contribution < 1.29 is 0 Å². The van der Waals surface area contributed by atoms with Crippen molar-refractivity contribution in [3.63, 3.8) is 0 Å². The van der Waals surface area contributed by atoms with E-state index in [-0.39, 0.29) is 0 Å². The van der Waals surface area contributed by atoms with E-state index in [1.165, 1.54) is 0 Å². The van der Waals surface area contributed by atoms with Gasteiger partial charge in [0.1, 0.15) is 5.82 Å². The first-order valence-electron chi connectivity index (χ1n) is 4.04. The first-order valence-corrected chi connectivity index (χ1v) is 4.04. The van der Waals surface area contributed by atoms with E-state index >= 15 is 0 Å². The summed E-state index contributed by atoms with van der Waals surface area (Å²) in [5, 5.41) is 6.27. The van der Waals surface area contributed by atoms with Gasteiger partial charge in [0.05, 0.1) is 6.54 Å². The molecule has 0 unspecified atom stereocenters. The van der Waals surface area contributed by atoms with E-state index in [2.05, 4.69) is 20.6 Å². The van der Waals surface area contributed by atoms with Crippen molar-refractivity contribution in [3.8, 4) is 0 Å². The van der Waals surface area contributed by atoms with Gasteiger partial charge in [0.25, 0.3) is 0 Å². The van der Waals surface area contributed by atoms with Gasteiger partial charge >= 0.3 is 0 Å². The Labute approximate surface area is 72.4 Å². The first kappa shape index (κ1) is 9.09. The van der Waals surface area contributed by atoms with Crippen molar-refractivity contribution >= 4 is 0 Å². The van der Waals surface area contributed by atoms with Crippen molar-refractivity contribution in [1.82, 2.24) is 20.6 Å². The third-order valence-corrected chi connectivity index (χ3v) is 1.45. The molecule has 4 heteroatoms. The lowest BCUT2D eigenvalue weighted by Crippen LogP contribution is -2.25. The molecule has 0 aliphatic rings. The van der Waals surface area contributed by atoms with Crippen LogP contribution in [0.4, 0.5) is 0 Å². The summed E-state index contributed by atoms with van der Waals surface area (Å²) < 4.78 is 0. The molecule has 4 nitrogen and oxygen atoms in total. The largest absolute Gasteiger partial charge is 0.318 e. The molecule has 0 bridgehead atoms.